The summed E-state index contributed by atoms with van der Waals surface area (Å²) in [5, 5.41) is 6.62. The van der Waals surface area contributed by atoms with E-state index in [9.17, 15) is 4.79 Å². The van der Waals surface area contributed by atoms with Gasteiger partial charge in [0.2, 0.25) is 5.91 Å². The zero-order valence-electron chi connectivity index (χ0n) is 9.87. The third-order valence-electron chi connectivity index (χ3n) is 4.52. The Morgan fingerprint density at radius 1 is 1.06 bits per heavy atom. The summed E-state index contributed by atoms with van der Waals surface area (Å²) in [6.07, 6.45) is 7.92. The van der Waals surface area contributed by atoms with Gasteiger partial charge in [-0.15, -0.1) is 0 Å². The maximum atomic E-state index is 11.4. The lowest BCUT2D eigenvalue weighted by Gasteiger charge is -2.22. The normalized spacial score (nSPS) is 36.6. The maximum Gasteiger partial charge on any atom is 0.223 e. The molecule has 3 rings (SSSR count). The van der Waals surface area contributed by atoms with Crippen LogP contribution in [0, 0.1) is 17.8 Å². The van der Waals surface area contributed by atoms with E-state index in [1.165, 1.54) is 25.7 Å². The molecule has 2 bridgehead atoms. The van der Waals surface area contributed by atoms with E-state index in [-0.39, 0.29) is 5.91 Å². The van der Waals surface area contributed by atoms with Crippen molar-refractivity contribution in [2.24, 2.45) is 17.8 Å². The summed E-state index contributed by atoms with van der Waals surface area (Å²) in [6, 6.07) is 0.747. The van der Waals surface area contributed by atoms with Crippen molar-refractivity contribution in [3.05, 3.63) is 0 Å². The van der Waals surface area contributed by atoms with Gasteiger partial charge >= 0.3 is 0 Å². The summed E-state index contributed by atoms with van der Waals surface area (Å²) in [6.45, 7) is 1.76. The molecule has 3 saturated carbocycles. The van der Waals surface area contributed by atoms with E-state index < -0.39 is 0 Å². The molecule has 0 aromatic heterocycles. The van der Waals surface area contributed by atoms with Gasteiger partial charge in [0, 0.05) is 25.0 Å². The summed E-state index contributed by atoms with van der Waals surface area (Å²) in [7, 11) is 0. The third-order valence-corrected chi connectivity index (χ3v) is 4.52. The number of rotatable bonds is 5. The van der Waals surface area contributed by atoms with E-state index in [4.69, 9.17) is 0 Å². The molecule has 2 N–H and O–H groups in total. The number of hydrogen-bond donors (Lipinski definition) is 2. The van der Waals surface area contributed by atoms with Gasteiger partial charge < -0.3 is 10.6 Å². The smallest absolute Gasteiger partial charge is 0.223 e. The van der Waals surface area contributed by atoms with E-state index in [2.05, 4.69) is 10.6 Å². The van der Waals surface area contributed by atoms with Crippen molar-refractivity contribution in [2.45, 2.75) is 44.6 Å². The van der Waals surface area contributed by atoms with Crippen LogP contribution in [0.2, 0.25) is 0 Å². The molecule has 0 aromatic carbocycles. The number of carbonyl (C=O) groups excluding carboxylic acids is 1. The first-order valence-electron chi connectivity index (χ1n) is 6.84. The van der Waals surface area contributed by atoms with Crippen molar-refractivity contribution in [1.29, 1.82) is 0 Å². The maximum absolute atomic E-state index is 11.4. The molecule has 1 amide bonds. The molecular weight excluding hydrogens is 200 g/mol. The molecule has 3 aliphatic carbocycles. The van der Waals surface area contributed by atoms with Crippen LogP contribution in [0.5, 0.6) is 0 Å². The van der Waals surface area contributed by atoms with Crippen LogP contribution in [0.1, 0.15) is 38.5 Å². The number of hydrogen-bond acceptors (Lipinski definition) is 2. The first kappa shape index (κ1) is 10.6. The van der Waals surface area contributed by atoms with Crippen LogP contribution in [-0.4, -0.2) is 25.0 Å². The van der Waals surface area contributed by atoms with Gasteiger partial charge in [0.15, 0.2) is 0 Å². The van der Waals surface area contributed by atoms with Crippen molar-refractivity contribution < 1.29 is 4.79 Å². The first-order chi connectivity index (χ1) is 7.83. The van der Waals surface area contributed by atoms with E-state index in [0.717, 1.165) is 43.8 Å². The molecule has 0 aromatic rings. The standard InChI is InChI=1S/C13H22N2O/c16-13(10-3-4-10)15-6-5-14-12-8-9-1-2-11(12)7-9/h9-12,14H,1-8H2,(H,15,16). The predicted octanol–water partition coefficient (Wildman–Crippen LogP) is 1.29. The van der Waals surface area contributed by atoms with Gasteiger partial charge in [-0.25, -0.2) is 0 Å². The van der Waals surface area contributed by atoms with E-state index >= 15 is 0 Å². The average Bonchev–Trinajstić information content (AvgIpc) is 2.95. The molecule has 16 heavy (non-hydrogen) atoms. The van der Waals surface area contributed by atoms with E-state index in [1.54, 1.807) is 0 Å². The number of amides is 1. The number of nitrogens with one attached hydrogen (secondary N) is 2. The summed E-state index contributed by atoms with van der Waals surface area (Å²) < 4.78 is 0. The minimum Gasteiger partial charge on any atom is -0.355 e. The number of carbonyl (C=O) groups is 1. The van der Waals surface area contributed by atoms with Crippen molar-refractivity contribution in [1.82, 2.24) is 10.6 Å². The summed E-state index contributed by atoms with van der Waals surface area (Å²) in [5.74, 6) is 2.56. The molecule has 3 atom stereocenters. The Hall–Kier alpha value is -0.570. The summed E-state index contributed by atoms with van der Waals surface area (Å²) in [5.41, 5.74) is 0. The molecule has 3 heteroatoms. The van der Waals surface area contributed by atoms with Gasteiger partial charge in [0.1, 0.15) is 0 Å². The molecule has 0 radical (unpaired) electrons. The molecule has 3 fully saturated rings. The van der Waals surface area contributed by atoms with E-state index in [1.807, 2.05) is 0 Å². The van der Waals surface area contributed by atoms with Crippen LogP contribution in [0.3, 0.4) is 0 Å². The van der Waals surface area contributed by atoms with Crippen LogP contribution in [-0.2, 0) is 4.79 Å². The Morgan fingerprint density at radius 3 is 2.56 bits per heavy atom. The average molecular weight is 222 g/mol. The molecule has 3 unspecified atom stereocenters. The predicted molar refractivity (Wildman–Crippen MR) is 63.0 cm³/mol. The fourth-order valence-electron chi connectivity index (χ4n) is 3.43. The highest BCUT2D eigenvalue weighted by Gasteiger charge is 2.38. The highest BCUT2D eigenvalue weighted by molar-refractivity contribution is 5.80. The molecule has 0 aliphatic heterocycles. The minimum absolute atomic E-state index is 0.273. The molecule has 0 spiro atoms. The Kier molecular flexibility index (Phi) is 2.88. The molecule has 0 saturated heterocycles. The van der Waals surface area contributed by atoms with Crippen LogP contribution >= 0.6 is 0 Å². The van der Waals surface area contributed by atoms with Gasteiger partial charge in [-0.3, -0.25) is 4.79 Å². The molecular formula is C13H22N2O. The van der Waals surface area contributed by atoms with Crippen molar-refractivity contribution in [2.75, 3.05) is 13.1 Å². The summed E-state index contributed by atoms with van der Waals surface area (Å²) in [4.78, 5) is 11.4. The van der Waals surface area contributed by atoms with Crippen LogP contribution < -0.4 is 10.6 Å². The Balaban J connectivity index is 1.30. The fraction of sp³-hybridized carbons (Fsp3) is 0.923. The van der Waals surface area contributed by atoms with Gasteiger partial charge in [-0.2, -0.15) is 0 Å². The molecule has 90 valence electrons. The van der Waals surface area contributed by atoms with Crippen LogP contribution in [0.4, 0.5) is 0 Å². The number of fused-ring (bicyclic) bond motifs is 2. The van der Waals surface area contributed by atoms with Crippen LogP contribution in [0.15, 0.2) is 0 Å². The second kappa shape index (κ2) is 4.36. The highest BCUT2D eigenvalue weighted by atomic mass is 16.2. The highest BCUT2D eigenvalue weighted by Crippen LogP contribution is 2.44. The Bertz CT molecular complexity index is 275. The second-order valence-electron chi connectivity index (χ2n) is 5.80. The largest absolute Gasteiger partial charge is 0.355 e. The van der Waals surface area contributed by atoms with Gasteiger partial charge in [-0.05, 0) is 43.9 Å². The molecule has 3 aliphatic rings. The van der Waals surface area contributed by atoms with Gasteiger partial charge in [0.25, 0.3) is 0 Å². The van der Waals surface area contributed by atoms with Crippen molar-refractivity contribution >= 4 is 5.91 Å². The Labute approximate surface area is 97.4 Å². The lowest BCUT2D eigenvalue weighted by atomic mass is 9.95. The minimum atomic E-state index is 0.273. The molecule has 0 heterocycles. The Morgan fingerprint density at radius 2 is 1.94 bits per heavy atom. The lowest BCUT2D eigenvalue weighted by molar-refractivity contribution is -0.122. The lowest BCUT2D eigenvalue weighted by Crippen LogP contribution is -2.39. The summed E-state index contributed by atoms with van der Waals surface area (Å²) >= 11 is 0. The van der Waals surface area contributed by atoms with Gasteiger partial charge in [0.05, 0.1) is 0 Å². The zero-order valence-corrected chi connectivity index (χ0v) is 9.87. The molecule has 3 nitrogen and oxygen atoms in total. The fourth-order valence-corrected chi connectivity index (χ4v) is 3.43. The SMILES string of the molecule is O=C(NCCNC1CC2CCC1C2)C1CC1. The quantitative estimate of drug-likeness (QED) is 0.688. The van der Waals surface area contributed by atoms with Crippen LogP contribution in [0.25, 0.3) is 0 Å². The van der Waals surface area contributed by atoms with Crippen molar-refractivity contribution in [3.63, 3.8) is 0 Å². The van der Waals surface area contributed by atoms with E-state index in [0.29, 0.717) is 5.92 Å². The monoisotopic (exact) mass is 222 g/mol. The van der Waals surface area contributed by atoms with Crippen molar-refractivity contribution in [3.8, 4) is 0 Å². The first-order valence-corrected chi connectivity index (χ1v) is 6.84. The van der Waals surface area contributed by atoms with Gasteiger partial charge in [-0.1, -0.05) is 6.42 Å². The third kappa shape index (κ3) is 2.24. The second-order valence-corrected chi connectivity index (χ2v) is 5.80. The zero-order chi connectivity index (χ0) is 11.0. The topological polar surface area (TPSA) is 41.1 Å².